The lowest BCUT2D eigenvalue weighted by molar-refractivity contribution is 0.282. The third kappa shape index (κ3) is 3.78. The van der Waals surface area contributed by atoms with E-state index in [0.717, 1.165) is 47.2 Å². The molecule has 2 heterocycles. The Bertz CT molecular complexity index is 1070. The summed E-state index contributed by atoms with van der Waals surface area (Å²) in [4.78, 5) is 8.01. The highest BCUT2D eigenvalue weighted by atomic mass is 16.5. The highest BCUT2D eigenvalue weighted by Gasteiger charge is 2.14. The number of H-pyrrole nitrogens is 1. The second-order valence-corrected chi connectivity index (χ2v) is 6.94. The van der Waals surface area contributed by atoms with Crippen molar-refractivity contribution in [1.29, 1.82) is 0 Å². The summed E-state index contributed by atoms with van der Waals surface area (Å²) in [5, 5.41) is 10.6. The molecule has 0 bridgehead atoms. The number of hydrogen-bond acceptors (Lipinski definition) is 3. The summed E-state index contributed by atoms with van der Waals surface area (Å²) >= 11 is 0. The Hall–Kier alpha value is -3.11. The molecule has 0 fully saturated rings. The summed E-state index contributed by atoms with van der Waals surface area (Å²) in [6, 6.07) is 20.4. The maximum absolute atomic E-state index is 9.52. The van der Waals surface area contributed by atoms with Crippen LogP contribution in [0.4, 0.5) is 0 Å². The number of ether oxygens (including phenoxy) is 1. The Balaban J connectivity index is 1.60. The predicted octanol–water partition coefficient (Wildman–Crippen LogP) is 4.91. The van der Waals surface area contributed by atoms with Crippen LogP contribution in [0.5, 0.6) is 5.75 Å². The summed E-state index contributed by atoms with van der Waals surface area (Å²) < 4.78 is 5.23. The van der Waals surface area contributed by atoms with E-state index in [4.69, 9.17) is 4.74 Å². The fraction of sp³-hybridized carbons (Fsp3) is 0.208. The Morgan fingerprint density at radius 3 is 2.61 bits per heavy atom. The van der Waals surface area contributed by atoms with Crippen LogP contribution in [0.2, 0.25) is 0 Å². The Morgan fingerprint density at radius 2 is 1.82 bits per heavy atom. The van der Waals surface area contributed by atoms with E-state index < -0.39 is 0 Å². The second-order valence-electron chi connectivity index (χ2n) is 6.94. The topological polar surface area (TPSA) is 58.1 Å². The van der Waals surface area contributed by atoms with Crippen LogP contribution < -0.4 is 4.74 Å². The molecule has 0 saturated heterocycles. The first kappa shape index (κ1) is 18.3. The predicted molar refractivity (Wildman–Crippen MR) is 112 cm³/mol. The molecule has 0 unspecified atom stereocenters. The fourth-order valence-electron chi connectivity index (χ4n) is 3.68. The van der Waals surface area contributed by atoms with Gasteiger partial charge in [-0.15, -0.1) is 0 Å². The average molecular weight is 372 g/mol. The van der Waals surface area contributed by atoms with Crippen molar-refractivity contribution < 1.29 is 9.84 Å². The van der Waals surface area contributed by atoms with Crippen molar-refractivity contribution >= 4 is 11.0 Å². The highest BCUT2D eigenvalue weighted by molar-refractivity contribution is 5.95. The maximum Gasteiger partial charge on any atom is 0.138 e. The number of hydrogen-bond donors (Lipinski definition) is 2. The Kier molecular flexibility index (Phi) is 5.40. The number of aromatic nitrogens is 2. The molecule has 4 aromatic rings. The van der Waals surface area contributed by atoms with Gasteiger partial charge in [0.2, 0.25) is 0 Å². The number of aliphatic hydroxyl groups excluding tert-OH is 1. The number of rotatable bonds is 7. The summed E-state index contributed by atoms with van der Waals surface area (Å²) in [6.07, 6.45) is 4.78. The maximum atomic E-state index is 9.52. The third-order valence-corrected chi connectivity index (χ3v) is 5.10. The van der Waals surface area contributed by atoms with E-state index in [1.807, 2.05) is 36.5 Å². The van der Waals surface area contributed by atoms with Gasteiger partial charge >= 0.3 is 0 Å². The van der Waals surface area contributed by atoms with Crippen LogP contribution in [0.3, 0.4) is 0 Å². The first-order valence-corrected chi connectivity index (χ1v) is 9.57. The van der Waals surface area contributed by atoms with Crippen LogP contribution in [-0.4, -0.2) is 22.2 Å². The van der Waals surface area contributed by atoms with E-state index >= 15 is 0 Å². The fourth-order valence-corrected chi connectivity index (χ4v) is 3.68. The summed E-state index contributed by atoms with van der Waals surface area (Å²) in [6.45, 7) is 0.0429. The molecule has 28 heavy (non-hydrogen) atoms. The van der Waals surface area contributed by atoms with Crippen molar-refractivity contribution in [2.45, 2.75) is 25.9 Å². The minimum absolute atomic E-state index is 0.0429. The lowest BCUT2D eigenvalue weighted by atomic mass is 9.98. The zero-order chi connectivity index (χ0) is 19.3. The van der Waals surface area contributed by atoms with Crippen LogP contribution in [0, 0.1) is 0 Å². The number of benzene rings is 2. The zero-order valence-corrected chi connectivity index (χ0v) is 16.0. The number of aryl methyl sites for hydroxylation is 2. The minimum atomic E-state index is 0.0429. The van der Waals surface area contributed by atoms with Crippen LogP contribution in [0.15, 0.2) is 66.9 Å². The first-order chi connectivity index (χ1) is 13.8. The van der Waals surface area contributed by atoms with E-state index in [0.29, 0.717) is 0 Å². The number of aromatic amines is 1. The van der Waals surface area contributed by atoms with Crippen LogP contribution in [0.25, 0.3) is 22.2 Å². The second kappa shape index (κ2) is 8.28. The van der Waals surface area contributed by atoms with Gasteiger partial charge in [0.25, 0.3) is 0 Å². The molecule has 2 aromatic heterocycles. The lowest BCUT2D eigenvalue weighted by Crippen LogP contribution is -1.94. The molecule has 0 radical (unpaired) electrons. The van der Waals surface area contributed by atoms with E-state index in [2.05, 4.69) is 40.3 Å². The highest BCUT2D eigenvalue weighted by Crippen LogP contribution is 2.33. The van der Waals surface area contributed by atoms with Gasteiger partial charge in [-0.1, -0.05) is 30.3 Å². The lowest BCUT2D eigenvalue weighted by Gasteiger charge is -2.08. The van der Waals surface area contributed by atoms with Crippen molar-refractivity contribution in [3.63, 3.8) is 0 Å². The average Bonchev–Trinajstić information content (AvgIpc) is 3.12. The number of aliphatic hydroxyl groups is 1. The van der Waals surface area contributed by atoms with Crippen molar-refractivity contribution in [2.24, 2.45) is 0 Å². The molecule has 0 spiro atoms. The smallest absolute Gasteiger partial charge is 0.138 e. The third-order valence-electron chi connectivity index (χ3n) is 5.10. The largest absolute Gasteiger partial charge is 0.497 e. The van der Waals surface area contributed by atoms with E-state index in [1.54, 1.807) is 7.11 Å². The molecule has 4 heteroatoms. The van der Waals surface area contributed by atoms with Gasteiger partial charge in [0, 0.05) is 22.8 Å². The van der Waals surface area contributed by atoms with Crippen LogP contribution >= 0.6 is 0 Å². The van der Waals surface area contributed by atoms with Gasteiger partial charge in [0.05, 0.1) is 13.7 Å². The van der Waals surface area contributed by atoms with Crippen molar-refractivity contribution in [3.05, 3.63) is 83.7 Å². The summed E-state index contributed by atoms with van der Waals surface area (Å²) in [5.41, 5.74) is 6.63. The molecule has 0 aliphatic carbocycles. The van der Waals surface area contributed by atoms with E-state index in [-0.39, 0.29) is 6.61 Å². The molecule has 0 aliphatic rings. The molecule has 4 rings (SSSR count). The van der Waals surface area contributed by atoms with Gasteiger partial charge in [-0.25, -0.2) is 4.98 Å². The van der Waals surface area contributed by atoms with Crippen molar-refractivity contribution in [1.82, 2.24) is 9.97 Å². The van der Waals surface area contributed by atoms with Crippen LogP contribution in [0.1, 0.15) is 23.2 Å². The number of fused-ring (bicyclic) bond motifs is 1. The number of nitrogens with one attached hydrogen (secondary N) is 1. The minimum Gasteiger partial charge on any atom is -0.497 e. The van der Waals surface area contributed by atoms with Gasteiger partial charge in [-0.05, 0) is 66.3 Å². The molecular weight excluding hydrogens is 348 g/mol. The quantitative estimate of drug-likeness (QED) is 0.485. The van der Waals surface area contributed by atoms with Gasteiger partial charge in [0.1, 0.15) is 11.4 Å². The molecular formula is C24H24N2O2. The summed E-state index contributed by atoms with van der Waals surface area (Å²) in [5.74, 6) is 0.886. The first-order valence-electron chi connectivity index (χ1n) is 9.57. The molecule has 2 aromatic carbocycles. The molecule has 4 nitrogen and oxygen atoms in total. The van der Waals surface area contributed by atoms with Gasteiger partial charge in [-0.2, -0.15) is 0 Å². The molecule has 0 atom stereocenters. The zero-order valence-electron chi connectivity index (χ0n) is 16.0. The number of nitrogens with zero attached hydrogens (tertiary/aromatic N) is 1. The van der Waals surface area contributed by atoms with Gasteiger partial charge < -0.3 is 14.8 Å². The SMILES string of the molecule is COc1ccc(CCCc2[nH]c3ncccc3c2-c2cccc(CO)c2)cc1. The normalized spacial score (nSPS) is 11.1. The van der Waals surface area contributed by atoms with Gasteiger partial charge in [0.15, 0.2) is 0 Å². The molecule has 142 valence electrons. The van der Waals surface area contributed by atoms with Crippen LogP contribution in [-0.2, 0) is 19.4 Å². The summed E-state index contributed by atoms with van der Waals surface area (Å²) in [7, 11) is 1.69. The Labute approximate surface area is 164 Å². The van der Waals surface area contributed by atoms with Gasteiger partial charge in [-0.3, -0.25) is 0 Å². The monoisotopic (exact) mass is 372 g/mol. The van der Waals surface area contributed by atoms with E-state index in [1.165, 1.54) is 16.8 Å². The van der Waals surface area contributed by atoms with E-state index in [9.17, 15) is 5.11 Å². The molecule has 2 N–H and O–H groups in total. The molecule has 0 amide bonds. The van der Waals surface area contributed by atoms with Crippen molar-refractivity contribution in [2.75, 3.05) is 7.11 Å². The molecule has 0 saturated carbocycles. The Morgan fingerprint density at radius 1 is 0.964 bits per heavy atom. The number of pyridine rings is 1. The van der Waals surface area contributed by atoms with Crippen molar-refractivity contribution in [3.8, 4) is 16.9 Å². The molecule has 0 aliphatic heterocycles. The number of methoxy groups -OCH3 is 1. The standard InChI is InChI=1S/C24H24N2O2/c1-28-20-12-10-17(11-13-20)5-3-9-22-23(19-7-2-6-18(15-19)16-27)21-8-4-14-25-24(21)26-22/h2,4,6-8,10-15,27H,3,5,9,16H2,1H3,(H,25,26).